The van der Waals surface area contributed by atoms with Crippen molar-refractivity contribution in [3.8, 4) is 0 Å². The number of carboxylic acids is 1. The van der Waals surface area contributed by atoms with Crippen molar-refractivity contribution in [3.63, 3.8) is 0 Å². The van der Waals surface area contributed by atoms with Crippen molar-refractivity contribution in [1.29, 1.82) is 0 Å². The fraction of sp³-hybridized carbons (Fsp3) is 0.0769. The van der Waals surface area contributed by atoms with E-state index in [4.69, 9.17) is 0 Å². The standard InChI is InChI=1S/C13H11NO3/c15-11(10-6-2-1-3-7-10)13(12(16)17)8-4-5-9-14-13/h1-9,14H,(H,16,17). The molecule has 86 valence electrons. The van der Waals surface area contributed by atoms with E-state index >= 15 is 0 Å². The quantitative estimate of drug-likeness (QED) is 0.606. The van der Waals surface area contributed by atoms with Crippen LogP contribution in [0.2, 0.25) is 0 Å². The van der Waals surface area contributed by atoms with Crippen molar-refractivity contribution in [2.45, 2.75) is 5.54 Å². The average molecular weight is 229 g/mol. The van der Waals surface area contributed by atoms with Gasteiger partial charge in [0.15, 0.2) is 0 Å². The van der Waals surface area contributed by atoms with Crippen LogP contribution in [0.15, 0.2) is 54.8 Å². The summed E-state index contributed by atoms with van der Waals surface area (Å²) in [4.78, 5) is 23.6. The maximum Gasteiger partial charge on any atom is 0.341 e. The van der Waals surface area contributed by atoms with E-state index in [0.717, 1.165) is 0 Å². The second kappa shape index (κ2) is 4.25. The molecule has 1 unspecified atom stereocenters. The number of carboxylic acid groups (broad SMARTS) is 1. The molecular weight excluding hydrogens is 218 g/mol. The number of carbonyl (C=O) groups excluding carboxylic acids is 1. The molecule has 4 nitrogen and oxygen atoms in total. The first-order chi connectivity index (χ1) is 8.17. The van der Waals surface area contributed by atoms with Gasteiger partial charge in [-0.1, -0.05) is 36.4 Å². The molecule has 2 rings (SSSR count). The first-order valence-corrected chi connectivity index (χ1v) is 5.12. The summed E-state index contributed by atoms with van der Waals surface area (Å²) in [7, 11) is 0. The normalized spacial score (nSPS) is 21.9. The SMILES string of the molecule is O=C(O)C1(C(=O)c2ccccc2)C=CC=CN1. The highest BCUT2D eigenvalue weighted by Crippen LogP contribution is 2.18. The molecule has 0 amide bonds. The van der Waals surface area contributed by atoms with Crippen molar-refractivity contribution >= 4 is 11.8 Å². The summed E-state index contributed by atoms with van der Waals surface area (Å²) in [6, 6.07) is 8.37. The fourth-order valence-electron chi connectivity index (χ4n) is 1.67. The Morgan fingerprint density at radius 3 is 2.35 bits per heavy atom. The highest BCUT2D eigenvalue weighted by Gasteiger charge is 2.44. The first-order valence-electron chi connectivity index (χ1n) is 5.12. The molecule has 1 aliphatic rings. The molecule has 2 N–H and O–H groups in total. The Labute approximate surface area is 98.3 Å². The number of hydrogen-bond donors (Lipinski definition) is 2. The summed E-state index contributed by atoms with van der Waals surface area (Å²) >= 11 is 0. The lowest BCUT2D eigenvalue weighted by Gasteiger charge is -2.26. The molecule has 0 saturated carbocycles. The summed E-state index contributed by atoms with van der Waals surface area (Å²) in [5, 5.41) is 11.9. The van der Waals surface area contributed by atoms with Crippen molar-refractivity contribution < 1.29 is 14.7 Å². The smallest absolute Gasteiger partial charge is 0.341 e. The summed E-state index contributed by atoms with van der Waals surface area (Å²) in [5.74, 6) is -1.70. The average Bonchev–Trinajstić information content (AvgIpc) is 2.39. The van der Waals surface area contributed by atoms with Crippen molar-refractivity contribution in [3.05, 3.63) is 60.3 Å². The Bertz CT molecular complexity index is 505. The van der Waals surface area contributed by atoms with Crippen LogP contribution in [0.25, 0.3) is 0 Å². The third-order valence-corrected chi connectivity index (χ3v) is 2.60. The monoisotopic (exact) mass is 229 g/mol. The van der Waals surface area contributed by atoms with Crippen molar-refractivity contribution in [2.24, 2.45) is 0 Å². The first kappa shape index (κ1) is 11.1. The Hall–Kier alpha value is -2.36. The van der Waals surface area contributed by atoms with Crippen LogP contribution in [-0.4, -0.2) is 22.4 Å². The molecule has 0 spiro atoms. The van der Waals surface area contributed by atoms with E-state index in [2.05, 4.69) is 5.32 Å². The number of carbonyl (C=O) groups is 2. The molecule has 0 fully saturated rings. The minimum absolute atomic E-state index is 0.363. The zero-order chi connectivity index (χ0) is 12.3. The van der Waals surface area contributed by atoms with Gasteiger partial charge in [0.05, 0.1) is 0 Å². The summed E-state index contributed by atoms with van der Waals surface area (Å²) < 4.78 is 0. The number of nitrogens with one attached hydrogen (secondary N) is 1. The van der Waals surface area contributed by atoms with E-state index < -0.39 is 17.3 Å². The summed E-state index contributed by atoms with van der Waals surface area (Å²) in [6.45, 7) is 0. The molecule has 17 heavy (non-hydrogen) atoms. The topological polar surface area (TPSA) is 66.4 Å². The predicted molar refractivity (Wildman–Crippen MR) is 62.6 cm³/mol. The molecule has 0 saturated heterocycles. The van der Waals surface area contributed by atoms with Gasteiger partial charge in [-0.15, -0.1) is 0 Å². The van der Waals surface area contributed by atoms with Crippen LogP contribution in [0, 0.1) is 0 Å². The second-order valence-electron chi connectivity index (χ2n) is 3.67. The lowest BCUT2D eigenvalue weighted by atomic mass is 9.87. The Kier molecular flexibility index (Phi) is 2.78. The molecule has 1 atom stereocenters. The largest absolute Gasteiger partial charge is 0.479 e. The van der Waals surface area contributed by atoms with Gasteiger partial charge in [0.1, 0.15) is 0 Å². The van der Waals surface area contributed by atoms with E-state index in [1.165, 1.54) is 12.3 Å². The molecule has 0 radical (unpaired) electrons. The molecule has 0 bridgehead atoms. The molecule has 0 aliphatic carbocycles. The van der Waals surface area contributed by atoms with Gasteiger partial charge >= 0.3 is 5.97 Å². The Morgan fingerprint density at radius 2 is 1.82 bits per heavy atom. The van der Waals surface area contributed by atoms with Crippen LogP contribution in [0.5, 0.6) is 0 Å². The van der Waals surface area contributed by atoms with E-state index in [0.29, 0.717) is 5.56 Å². The van der Waals surface area contributed by atoms with Crippen LogP contribution < -0.4 is 5.32 Å². The van der Waals surface area contributed by atoms with Crippen LogP contribution >= 0.6 is 0 Å². The number of benzene rings is 1. The number of Topliss-reactive ketones (excluding diaryl/α,β-unsaturated/α-hetero) is 1. The Balaban J connectivity index is 2.43. The maximum absolute atomic E-state index is 12.2. The van der Waals surface area contributed by atoms with Gasteiger partial charge < -0.3 is 10.4 Å². The van der Waals surface area contributed by atoms with E-state index in [9.17, 15) is 14.7 Å². The summed E-state index contributed by atoms with van der Waals surface area (Å²) in [5.41, 5.74) is -1.34. The van der Waals surface area contributed by atoms with Crippen LogP contribution in [0.4, 0.5) is 0 Å². The number of rotatable bonds is 3. The molecule has 1 heterocycles. The van der Waals surface area contributed by atoms with Gasteiger partial charge in [-0.2, -0.15) is 0 Å². The lowest BCUT2D eigenvalue weighted by Crippen LogP contribution is -2.55. The van der Waals surface area contributed by atoms with Gasteiger partial charge in [-0.25, -0.2) is 4.79 Å². The van der Waals surface area contributed by atoms with Crippen molar-refractivity contribution in [2.75, 3.05) is 0 Å². The van der Waals surface area contributed by atoms with Gasteiger partial charge in [0.2, 0.25) is 11.3 Å². The minimum Gasteiger partial charge on any atom is -0.479 e. The zero-order valence-corrected chi connectivity index (χ0v) is 8.96. The number of aliphatic carboxylic acids is 1. The van der Waals surface area contributed by atoms with Gasteiger partial charge in [0.25, 0.3) is 0 Å². The van der Waals surface area contributed by atoms with E-state index in [1.807, 2.05) is 0 Å². The minimum atomic E-state index is -1.70. The van der Waals surface area contributed by atoms with Gasteiger partial charge in [-0.3, -0.25) is 4.79 Å². The van der Waals surface area contributed by atoms with Crippen LogP contribution in [0.1, 0.15) is 10.4 Å². The molecule has 4 heteroatoms. The summed E-state index contributed by atoms with van der Waals surface area (Å²) in [6.07, 6.45) is 5.99. The highest BCUT2D eigenvalue weighted by atomic mass is 16.4. The number of ketones is 1. The third kappa shape index (κ3) is 1.85. The molecule has 0 aromatic heterocycles. The molecule has 1 aliphatic heterocycles. The third-order valence-electron chi connectivity index (χ3n) is 2.60. The molecular formula is C13H11NO3. The number of allylic oxidation sites excluding steroid dienone is 2. The van der Waals surface area contributed by atoms with Gasteiger partial charge in [-0.05, 0) is 18.4 Å². The van der Waals surface area contributed by atoms with Crippen LogP contribution in [-0.2, 0) is 4.79 Å². The van der Waals surface area contributed by atoms with E-state index in [-0.39, 0.29) is 0 Å². The molecule has 1 aromatic carbocycles. The van der Waals surface area contributed by atoms with Crippen molar-refractivity contribution in [1.82, 2.24) is 5.32 Å². The predicted octanol–water partition coefficient (Wildman–Crippen LogP) is 1.37. The fourth-order valence-corrected chi connectivity index (χ4v) is 1.67. The zero-order valence-electron chi connectivity index (χ0n) is 8.96. The molecule has 1 aromatic rings. The maximum atomic E-state index is 12.2. The number of dihydropyridines is 1. The van der Waals surface area contributed by atoms with Gasteiger partial charge in [0, 0.05) is 5.56 Å². The lowest BCUT2D eigenvalue weighted by molar-refractivity contribution is -0.140. The van der Waals surface area contributed by atoms with E-state index in [1.54, 1.807) is 42.5 Å². The second-order valence-corrected chi connectivity index (χ2v) is 3.67. The van der Waals surface area contributed by atoms with Crippen LogP contribution in [0.3, 0.4) is 0 Å². The highest BCUT2D eigenvalue weighted by molar-refractivity contribution is 6.18. The number of hydrogen-bond acceptors (Lipinski definition) is 3. The Morgan fingerprint density at radius 1 is 1.12 bits per heavy atom.